The quantitative estimate of drug-likeness (QED) is 0.884. The largest absolute Gasteiger partial charge is 0.319 e. The van der Waals surface area contributed by atoms with E-state index in [1.165, 1.54) is 12.0 Å². The zero-order valence-corrected chi connectivity index (χ0v) is 11.7. The van der Waals surface area contributed by atoms with E-state index in [0.29, 0.717) is 18.0 Å². The number of nitrogens with zero attached hydrogens (tertiary/aromatic N) is 1. The summed E-state index contributed by atoms with van der Waals surface area (Å²) in [5, 5.41) is 3.35. The number of rotatable bonds is 2. The van der Waals surface area contributed by atoms with Crippen LogP contribution < -0.4 is 5.32 Å². The van der Waals surface area contributed by atoms with Crippen LogP contribution in [0.2, 0.25) is 0 Å². The van der Waals surface area contributed by atoms with Crippen LogP contribution in [0.4, 0.5) is 0 Å². The highest BCUT2D eigenvalue weighted by molar-refractivity contribution is 5.81. The van der Waals surface area contributed by atoms with Crippen LogP contribution in [0.3, 0.4) is 0 Å². The van der Waals surface area contributed by atoms with Crippen molar-refractivity contribution in [1.29, 1.82) is 0 Å². The first-order valence-corrected chi connectivity index (χ1v) is 7.16. The predicted molar refractivity (Wildman–Crippen MR) is 75.5 cm³/mol. The fourth-order valence-corrected chi connectivity index (χ4v) is 3.48. The maximum atomic E-state index is 12.2. The van der Waals surface area contributed by atoms with Gasteiger partial charge < -0.3 is 4.90 Å². The molecular weight excluding hydrogens is 236 g/mol. The third-order valence-corrected chi connectivity index (χ3v) is 4.46. The second-order valence-corrected chi connectivity index (χ2v) is 6.56. The highest BCUT2D eigenvalue weighted by Gasteiger charge is 2.42. The number of carbonyl (C=O) groups is 1. The summed E-state index contributed by atoms with van der Waals surface area (Å²) in [6.07, 6.45) is 3.52. The summed E-state index contributed by atoms with van der Waals surface area (Å²) in [6, 6.07) is 10.7. The van der Waals surface area contributed by atoms with Crippen LogP contribution in [0.25, 0.3) is 0 Å². The highest BCUT2D eigenvalue weighted by Crippen LogP contribution is 2.42. The van der Waals surface area contributed by atoms with Gasteiger partial charge in [-0.1, -0.05) is 44.2 Å². The Balaban J connectivity index is 1.84. The topological polar surface area (TPSA) is 32.3 Å². The zero-order valence-electron chi connectivity index (χ0n) is 11.7. The van der Waals surface area contributed by atoms with E-state index in [9.17, 15) is 4.79 Å². The van der Waals surface area contributed by atoms with Gasteiger partial charge in [-0.2, -0.15) is 0 Å². The smallest absolute Gasteiger partial charge is 0.238 e. The van der Waals surface area contributed by atoms with E-state index in [1.807, 2.05) is 18.2 Å². The van der Waals surface area contributed by atoms with Crippen molar-refractivity contribution in [3.8, 4) is 0 Å². The Morgan fingerprint density at radius 3 is 2.63 bits per heavy atom. The van der Waals surface area contributed by atoms with Crippen molar-refractivity contribution in [2.45, 2.75) is 45.3 Å². The van der Waals surface area contributed by atoms with Gasteiger partial charge in [0, 0.05) is 6.04 Å². The standard InChI is InChI=1S/C16H22N2O/c1-16(2)9-8-13(10-16)18-14(19)11-17-15(18)12-6-4-3-5-7-12/h3-7,13,15,17H,8-11H2,1-2H3. The van der Waals surface area contributed by atoms with Gasteiger partial charge in [0.2, 0.25) is 5.91 Å². The van der Waals surface area contributed by atoms with Gasteiger partial charge in [-0.25, -0.2) is 0 Å². The Labute approximate surface area is 115 Å². The van der Waals surface area contributed by atoms with E-state index in [4.69, 9.17) is 0 Å². The van der Waals surface area contributed by atoms with Crippen molar-refractivity contribution in [2.75, 3.05) is 6.54 Å². The first kappa shape index (κ1) is 12.7. The molecule has 3 heteroatoms. The monoisotopic (exact) mass is 258 g/mol. The molecule has 0 spiro atoms. The predicted octanol–water partition coefficient (Wildman–Crippen LogP) is 2.70. The molecule has 1 saturated carbocycles. The maximum absolute atomic E-state index is 12.2. The molecule has 3 rings (SSSR count). The molecule has 1 aromatic rings. The van der Waals surface area contributed by atoms with Gasteiger partial charge in [-0.05, 0) is 30.2 Å². The number of benzene rings is 1. The minimum atomic E-state index is 0.0626. The van der Waals surface area contributed by atoms with Gasteiger partial charge in [-0.3, -0.25) is 10.1 Å². The van der Waals surface area contributed by atoms with Crippen LogP contribution in [0.15, 0.2) is 30.3 Å². The molecule has 1 heterocycles. The third-order valence-electron chi connectivity index (χ3n) is 4.46. The van der Waals surface area contributed by atoms with Crippen molar-refractivity contribution in [3.05, 3.63) is 35.9 Å². The highest BCUT2D eigenvalue weighted by atomic mass is 16.2. The zero-order chi connectivity index (χ0) is 13.5. The molecule has 1 N–H and O–H groups in total. The molecule has 19 heavy (non-hydrogen) atoms. The SMILES string of the molecule is CC1(C)CCC(N2C(=O)CNC2c2ccccc2)C1. The minimum absolute atomic E-state index is 0.0626. The van der Waals surface area contributed by atoms with Crippen molar-refractivity contribution >= 4 is 5.91 Å². The Morgan fingerprint density at radius 2 is 2.00 bits per heavy atom. The van der Waals surface area contributed by atoms with E-state index in [1.54, 1.807) is 0 Å². The molecule has 2 unspecified atom stereocenters. The summed E-state index contributed by atoms with van der Waals surface area (Å²) in [5.74, 6) is 0.247. The van der Waals surface area contributed by atoms with Crippen LogP contribution in [-0.4, -0.2) is 23.4 Å². The minimum Gasteiger partial charge on any atom is -0.319 e. The summed E-state index contributed by atoms with van der Waals surface area (Å²) < 4.78 is 0. The lowest BCUT2D eigenvalue weighted by Gasteiger charge is -2.31. The molecule has 1 aliphatic carbocycles. The average molecular weight is 258 g/mol. The van der Waals surface area contributed by atoms with E-state index in [-0.39, 0.29) is 12.1 Å². The number of nitrogens with one attached hydrogen (secondary N) is 1. The third kappa shape index (κ3) is 2.39. The molecule has 1 saturated heterocycles. The molecule has 0 aromatic heterocycles. The van der Waals surface area contributed by atoms with Crippen molar-refractivity contribution in [2.24, 2.45) is 5.41 Å². The maximum Gasteiger partial charge on any atom is 0.238 e. The lowest BCUT2D eigenvalue weighted by Crippen LogP contribution is -2.38. The van der Waals surface area contributed by atoms with Crippen molar-refractivity contribution in [3.63, 3.8) is 0 Å². The number of hydrogen-bond donors (Lipinski definition) is 1. The van der Waals surface area contributed by atoms with Crippen molar-refractivity contribution in [1.82, 2.24) is 10.2 Å². The number of amides is 1. The van der Waals surface area contributed by atoms with Crippen molar-refractivity contribution < 1.29 is 4.79 Å². The summed E-state index contributed by atoms with van der Waals surface area (Å²) >= 11 is 0. The van der Waals surface area contributed by atoms with Gasteiger partial charge in [0.15, 0.2) is 0 Å². The molecule has 1 aromatic carbocycles. The summed E-state index contributed by atoms with van der Waals surface area (Å²) in [6.45, 7) is 5.08. The lowest BCUT2D eigenvalue weighted by atomic mass is 9.91. The van der Waals surface area contributed by atoms with Crippen LogP contribution in [0.1, 0.15) is 44.8 Å². The normalized spacial score (nSPS) is 30.0. The molecular formula is C16H22N2O. The Morgan fingerprint density at radius 1 is 1.26 bits per heavy atom. The molecule has 102 valence electrons. The first-order valence-electron chi connectivity index (χ1n) is 7.16. The first-order chi connectivity index (χ1) is 9.07. The number of carbonyl (C=O) groups excluding carboxylic acids is 1. The molecule has 2 aliphatic rings. The fraction of sp³-hybridized carbons (Fsp3) is 0.562. The van der Waals surface area contributed by atoms with Crippen LogP contribution >= 0.6 is 0 Å². The van der Waals surface area contributed by atoms with E-state index in [0.717, 1.165) is 12.8 Å². The van der Waals surface area contributed by atoms with E-state index >= 15 is 0 Å². The lowest BCUT2D eigenvalue weighted by molar-refractivity contribution is -0.130. The van der Waals surface area contributed by atoms with E-state index < -0.39 is 0 Å². The molecule has 0 bridgehead atoms. The number of hydrogen-bond acceptors (Lipinski definition) is 2. The van der Waals surface area contributed by atoms with Crippen LogP contribution in [0, 0.1) is 5.41 Å². The van der Waals surface area contributed by atoms with Gasteiger partial charge in [0.1, 0.15) is 6.17 Å². The summed E-state index contributed by atoms with van der Waals surface area (Å²) in [7, 11) is 0. The molecule has 2 fully saturated rings. The van der Waals surface area contributed by atoms with Gasteiger partial charge >= 0.3 is 0 Å². The van der Waals surface area contributed by atoms with Crippen LogP contribution in [0.5, 0.6) is 0 Å². The fourth-order valence-electron chi connectivity index (χ4n) is 3.48. The molecule has 2 atom stereocenters. The average Bonchev–Trinajstić information content (AvgIpc) is 2.93. The molecule has 1 amide bonds. The second kappa shape index (κ2) is 4.64. The molecule has 1 aliphatic heterocycles. The molecule has 0 radical (unpaired) electrons. The summed E-state index contributed by atoms with van der Waals surface area (Å²) in [5.41, 5.74) is 1.56. The Kier molecular flexibility index (Phi) is 3.09. The van der Waals surface area contributed by atoms with Gasteiger partial charge in [0.05, 0.1) is 6.54 Å². The van der Waals surface area contributed by atoms with Gasteiger partial charge in [-0.15, -0.1) is 0 Å². The Hall–Kier alpha value is -1.35. The van der Waals surface area contributed by atoms with Gasteiger partial charge in [0.25, 0.3) is 0 Å². The Bertz CT molecular complexity index is 469. The molecule has 3 nitrogen and oxygen atoms in total. The summed E-state index contributed by atoms with van der Waals surface area (Å²) in [4.78, 5) is 14.3. The van der Waals surface area contributed by atoms with E-state index in [2.05, 4.69) is 36.2 Å². The van der Waals surface area contributed by atoms with Crippen LogP contribution in [-0.2, 0) is 4.79 Å². The second-order valence-electron chi connectivity index (χ2n) is 6.56.